The van der Waals surface area contributed by atoms with Gasteiger partial charge in [0, 0.05) is 35.6 Å². The van der Waals surface area contributed by atoms with Crippen molar-refractivity contribution in [3.8, 4) is 11.3 Å². The number of hydrogen-bond donors (Lipinski definition) is 2. The van der Waals surface area contributed by atoms with Gasteiger partial charge in [-0.15, -0.1) is 0 Å². The van der Waals surface area contributed by atoms with Crippen LogP contribution >= 0.6 is 11.3 Å². The molecule has 184 valence electrons. The summed E-state index contributed by atoms with van der Waals surface area (Å²) in [6.07, 6.45) is 0. The number of aromatic nitrogens is 1. The molecule has 2 N–H and O–H groups in total. The molecule has 1 aliphatic heterocycles. The van der Waals surface area contributed by atoms with Crippen molar-refractivity contribution in [3.05, 3.63) is 70.6 Å². The maximum atomic E-state index is 13.5. The van der Waals surface area contributed by atoms with Crippen LogP contribution in [-0.2, 0) is 16.1 Å². The van der Waals surface area contributed by atoms with Gasteiger partial charge in [-0.3, -0.25) is 19.8 Å². The smallest absolute Gasteiger partial charge is 0.252 e. The van der Waals surface area contributed by atoms with Gasteiger partial charge in [0.25, 0.3) is 11.8 Å². The minimum absolute atomic E-state index is 0.243. The second kappa shape index (κ2) is 10.6. The van der Waals surface area contributed by atoms with Gasteiger partial charge >= 0.3 is 0 Å². The summed E-state index contributed by atoms with van der Waals surface area (Å²) in [7, 11) is 0. The molecule has 1 saturated heterocycles. The lowest BCUT2D eigenvalue weighted by atomic mass is 10.0. The van der Waals surface area contributed by atoms with E-state index >= 15 is 0 Å². The van der Waals surface area contributed by atoms with Gasteiger partial charge in [0.15, 0.2) is 5.13 Å². The van der Waals surface area contributed by atoms with Gasteiger partial charge in [-0.1, -0.05) is 11.3 Å². The van der Waals surface area contributed by atoms with Crippen LogP contribution in [0.15, 0.2) is 48.5 Å². The van der Waals surface area contributed by atoms with Crippen LogP contribution in [0, 0.1) is 11.6 Å². The monoisotopic (exact) mass is 500 g/mol. The fraction of sp³-hybridized carbons (Fsp3) is 0.320. The quantitative estimate of drug-likeness (QED) is 0.511. The number of ether oxygens (including phenoxy) is 1. The van der Waals surface area contributed by atoms with Gasteiger partial charge in [-0.25, -0.2) is 13.8 Å². The molecule has 1 aliphatic rings. The molecule has 0 bridgehead atoms. The van der Waals surface area contributed by atoms with E-state index in [1.807, 2.05) is 0 Å². The molecule has 0 aliphatic carbocycles. The Kier molecular flexibility index (Phi) is 7.54. The molecule has 3 aromatic rings. The van der Waals surface area contributed by atoms with Gasteiger partial charge in [-0.2, -0.15) is 0 Å². The van der Waals surface area contributed by atoms with Crippen molar-refractivity contribution >= 4 is 28.3 Å². The van der Waals surface area contributed by atoms with E-state index in [-0.39, 0.29) is 11.4 Å². The van der Waals surface area contributed by atoms with Crippen molar-refractivity contribution in [2.24, 2.45) is 0 Å². The van der Waals surface area contributed by atoms with Gasteiger partial charge in [0.1, 0.15) is 17.2 Å². The van der Waals surface area contributed by atoms with E-state index < -0.39 is 23.2 Å². The van der Waals surface area contributed by atoms with E-state index in [0.717, 1.165) is 23.5 Å². The second-order valence-corrected chi connectivity index (χ2v) is 9.81. The number of amides is 2. The maximum Gasteiger partial charge on any atom is 0.252 e. The zero-order chi connectivity index (χ0) is 25.0. The van der Waals surface area contributed by atoms with Crippen molar-refractivity contribution < 1.29 is 23.1 Å². The topological polar surface area (TPSA) is 83.6 Å². The third-order valence-electron chi connectivity index (χ3n) is 5.61. The number of rotatable bonds is 7. The van der Waals surface area contributed by atoms with Crippen LogP contribution in [0.3, 0.4) is 0 Å². The Morgan fingerprint density at radius 2 is 1.63 bits per heavy atom. The molecule has 1 fully saturated rings. The summed E-state index contributed by atoms with van der Waals surface area (Å²) in [4.78, 5) is 33.4. The number of nitrogens with one attached hydrogen (secondary N) is 2. The summed E-state index contributed by atoms with van der Waals surface area (Å²) in [6, 6.07) is 11.1. The molecule has 2 aromatic carbocycles. The molecule has 2 heterocycles. The molecule has 1 aromatic heterocycles. The molecule has 2 amide bonds. The highest BCUT2D eigenvalue weighted by Gasteiger charge is 2.31. The molecule has 10 heteroatoms. The average molecular weight is 501 g/mol. The summed E-state index contributed by atoms with van der Waals surface area (Å²) in [6.45, 7) is 6.64. The number of morpholine rings is 1. The lowest BCUT2D eigenvalue weighted by Gasteiger charge is -2.26. The highest BCUT2D eigenvalue weighted by molar-refractivity contribution is 7.16. The SMILES string of the molecule is CC(C)(NC(=O)c1ccc(F)cc1)C(=O)Nc1nc(-c2ccc(F)cc2)c(CN2CCOCC2)s1. The number of halogens is 2. The first kappa shape index (κ1) is 24.9. The maximum absolute atomic E-state index is 13.5. The minimum Gasteiger partial charge on any atom is -0.379 e. The summed E-state index contributed by atoms with van der Waals surface area (Å²) < 4.78 is 32.1. The Hall–Kier alpha value is -3.21. The molecular formula is C25H26F2N4O3S. The third-order valence-corrected chi connectivity index (χ3v) is 6.56. The number of benzene rings is 2. The van der Waals surface area contributed by atoms with Gasteiger partial charge in [0.05, 0.1) is 18.9 Å². The largest absolute Gasteiger partial charge is 0.379 e. The lowest BCUT2D eigenvalue weighted by molar-refractivity contribution is -0.120. The van der Waals surface area contributed by atoms with E-state index in [1.165, 1.54) is 47.7 Å². The van der Waals surface area contributed by atoms with Crippen LogP contribution in [0.5, 0.6) is 0 Å². The molecule has 7 nitrogen and oxygen atoms in total. The van der Waals surface area contributed by atoms with Crippen molar-refractivity contribution in [1.82, 2.24) is 15.2 Å². The first-order valence-corrected chi connectivity index (χ1v) is 12.0. The van der Waals surface area contributed by atoms with E-state index in [9.17, 15) is 18.4 Å². The molecule has 35 heavy (non-hydrogen) atoms. The first-order chi connectivity index (χ1) is 16.7. The van der Waals surface area contributed by atoms with E-state index in [0.29, 0.717) is 30.6 Å². The number of hydrogen-bond acceptors (Lipinski definition) is 6. The molecule has 4 rings (SSSR count). The summed E-state index contributed by atoms with van der Waals surface area (Å²) in [5.41, 5.74) is 0.394. The molecular weight excluding hydrogens is 474 g/mol. The van der Waals surface area contributed by atoms with Crippen LogP contribution in [0.2, 0.25) is 0 Å². The van der Waals surface area contributed by atoms with Crippen LogP contribution < -0.4 is 10.6 Å². The number of carbonyl (C=O) groups is 2. The Labute approximate surface area is 206 Å². The van der Waals surface area contributed by atoms with Crippen molar-refractivity contribution in [2.45, 2.75) is 25.9 Å². The van der Waals surface area contributed by atoms with Crippen LogP contribution in [0.25, 0.3) is 11.3 Å². The van der Waals surface area contributed by atoms with Crippen LogP contribution in [0.1, 0.15) is 29.1 Å². The fourth-order valence-electron chi connectivity index (χ4n) is 3.58. The Bertz CT molecular complexity index is 1190. The zero-order valence-corrected chi connectivity index (χ0v) is 20.3. The van der Waals surface area contributed by atoms with Gasteiger partial charge in [-0.05, 0) is 62.4 Å². The first-order valence-electron chi connectivity index (χ1n) is 11.2. The number of anilines is 1. The summed E-state index contributed by atoms with van der Waals surface area (Å²) in [5, 5.41) is 5.86. The molecule has 0 spiro atoms. The minimum atomic E-state index is -1.27. The standard InChI is InChI=1S/C25H26F2N4O3S/c1-25(2,30-22(32)17-5-9-19(27)10-6-17)23(33)29-24-28-21(16-3-7-18(26)8-4-16)20(35-24)15-31-11-13-34-14-12-31/h3-10H,11-15H2,1-2H3,(H,30,32)(H,28,29,33). The fourth-order valence-corrected chi connectivity index (χ4v) is 4.60. The Balaban J connectivity index is 1.52. The highest BCUT2D eigenvalue weighted by Crippen LogP contribution is 2.33. The van der Waals surface area contributed by atoms with Gasteiger partial charge < -0.3 is 10.1 Å². The molecule has 0 atom stereocenters. The van der Waals surface area contributed by atoms with Gasteiger partial charge in [0.2, 0.25) is 0 Å². The van der Waals surface area contributed by atoms with Crippen molar-refractivity contribution in [3.63, 3.8) is 0 Å². The van der Waals surface area contributed by atoms with E-state index in [4.69, 9.17) is 4.74 Å². The predicted molar refractivity (Wildman–Crippen MR) is 130 cm³/mol. The summed E-state index contributed by atoms with van der Waals surface area (Å²) in [5.74, 6) is -1.74. The molecule has 0 unspecified atom stereocenters. The van der Waals surface area contributed by atoms with E-state index in [2.05, 4.69) is 20.5 Å². The third kappa shape index (κ3) is 6.27. The Morgan fingerprint density at radius 1 is 1.03 bits per heavy atom. The van der Waals surface area contributed by atoms with Crippen molar-refractivity contribution in [2.75, 3.05) is 31.6 Å². The number of thiazole rings is 1. The van der Waals surface area contributed by atoms with Crippen molar-refractivity contribution in [1.29, 1.82) is 0 Å². The van der Waals surface area contributed by atoms with Crippen LogP contribution in [-0.4, -0.2) is 53.5 Å². The molecule has 0 saturated carbocycles. The Morgan fingerprint density at radius 3 is 2.26 bits per heavy atom. The molecule has 0 radical (unpaired) electrons. The highest BCUT2D eigenvalue weighted by atomic mass is 32.1. The summed E-state index contributed by atoms with van der Waals surface area (Å²) >= 11 is 1.34. The van der Waals surface area contributed by atoms with Crippen LogP contribution in [0.4, 0.5) is 13.9 Å². The predicted octanol–water partition coefficient (Wildman–Crippen LogP) is 4.07. The number of carbonyl (C=O) groups excluding carboxylic acids is 2. The average Bonchev–Trinajstić information content (AvgIpc) is 3.22. The lowest BCUT2D eigenvalue weighted by Crippen LogP contribution is -2.52. The second-order valence-electron chi connectivity index (χ2n) is 8.73. The zero-order valence-electron chi connectivity index (χ0n) is 19.4. The van der Waals surface area contributed by atoms with E-state index in [1.54, 1.807) is 26.0 Å². The number of nitrogens with zero attached hydrogens (tertiary/aromatic N) is 2. The normalized spacial score (nSPS) is 14.5.